The van der Waals surface area contributed by atoms with E-state index in [1.807, 2.05) is 6.07 Å². The molecule has 2 aliphatic heterocycles. The summed E-state index contributed by atoms with van der Waals surface area (Å²) in [4.78, 5) is 5.19. The van der Waals surface area contributed by atoms with Gasteiger partial charge in [-0.3, -0.25) is 0 Å². The number of furan rings is 1. The van der Waals surface area contributed by atoms with Gasteiger partial charge in [-0.25, -0.2) is 0 Å². The fourth-order valence-electron chi connectivity index (χ4n) is 11.5. The van der Waals surface area contributed by atoms with E-state index in [0.717, 1.165) is 38.8 Å². The first-order valence-corrected chi connectivity index (χ1v) is 24.2. The summed E-state index contributed by atoms with van der Waals surface area (Å²) in [6, 6.07) is 60.2. The summed E-state index contributed by atoms with van der Waals surface area (Å²) in [7, 11) is 0. The normalized spacial score (nSPS) is 14.8. The van der Waals surface area contributed by atoms with Crippen LogP contribution >= 0.6 is 0 Å². The molecule has 0 atom stereocenters. The molecule has 0 bridgehead atoms. The predicted molar refractivity (Wildman–Crippen MR) is 287 cm³/mol. The molecule has 67 heavy (non-hydrogen) atoms. The van der Waals surface area contributed by atoms with Crippen molar-refractivity contribution in [3.05, 3.63) is 186 Å². The largest absolute Gasteiger partial charge is 0.456 e. The van der Waals surface area contributed by atoms with Crippen LogP contribution in [0, 0.1) is 0 Å². The molecule has 4 heteroatoms. The SMILES string of the molecule is CC(C)(C)c1ccc(N2c3cc(C(C)(C)C)ccc3B3c4cc5c(cc4N(c4ccc(-c6ccc7c(c6)oc6ccccc67)cc4)c4cc(C(C)(C)C)cc2c43)C(C)(C)c2ccccc2-5)cc1. The Kier molecular flexibility index (Phi) is 8.78. The summed E-state index contributed by atoms with van der Waals surface area (Å²) in [5.74, 6) is 0. The zero-order valence-electron chi connectivity index (χ0n) is 40.9. The third kappa shape index (κ3) is 6.32. The Morgan fingerprint density at radius 3 is 1.64 bits per heavy atom. The molecular formula is C63H59BN2O. The first-order chi connectivity index (χ1) is 31.9. The van der Waals surface area contributed by atoms with E-state index in [2.05, 4.69) is 238 Å². The van der Waals surface area contributed by atoms with Crippen LogP contribution in [-0.2, 0) is 21.7 Å². The Bertz CT molecular complexity index is 3500. The molecule has 9 aromatic rings. The molecule has 0 fully saturated rings. The highest BCUT2D eigenvalue weighted by Crippen LogP contribution is 2.53. The van der Waals surface area contributed by atoms with Crippen molar-refractivity contribution in [2.24, 2.45) is 0 Å². The van der Waals surface area contributed by atoms with E-state index in [4.69, 9.17) is 4.42 Å². The van der Waals surface area contributed by atoms with Gasteiger partial charge in [-0.15, -0.1) is 0 Å². The van der Waals surface area contributed by atoms with Crippen molar-refractivity contribution < 1.29 is 4.42 Å². The van der Waals surface area contributed by atoms with Gasteiger partial charge in [0.1, 0.15) is 11.2 Å². The Morgan fingerprint density at radius 1 is 0.418 bits per heavy atom. The summed E-state index contributed by atoms with van der Waals surface area (Å²) in [6.45, 7) is 25.8. The average Bonchev–Trinajstić information content (AvgIpc) is 3.78. The maximum atomic E-state index is 6.36. The lowest BCUT2D eigenvalue weighted by Gasteiger charge is -2.46. The molecule has 3 aliphatic rings. The molecule has 0 unspecified atom stereocenters. The van der Waals surface area contributed by atoms with Gasteiger partial charge in [-0.2, -0.15) is 0 Å². The molecule has 330 valence electrons. The number of para-hydroxylation sites is 1. The van der Waals surface area contributed by atoms with Crippen LogP contribution in [0.3, 0.4) is 0 Å². The molecule has 0 spiro atoms. The van der Waals surface area contributed by atoms with Crippen molar-refractivity contribution >= 4 is 79.2 Å². The highest BCUT2D eigenvalue weighted by atomic mass is 16.3. The standard InChI is InChI=1S/C63H59BN2O/c1-60(2,3)40-23-28-44(29-24-40)65-53-33-41(61(4,5)6)25-31-51(53)64-52-36-48-45-16-12-14-18-49(45)63(10,11)50(48)37-54(52)66(56-35-42(62(7,8)9)34-55(65)59(56)64)43-26-20-38(21-27-43)39-22-30-47-46-17-13-15-19-57(46)67-58(47)32-39/h12-37H,1-11H3. The molecule has 1 aromatic heterocycles. The molecule has 8 aromatic carbocycles. The van der Waals surface area contributed by atoms with Crippen LogP contribution in [0.1, 0.15) is 104 Å². The van der Waals surface area contributed by atoms with E-state index in [1.165, 1.54) is 83.8 Å². The van der Waals surface area contributed by atoms with Crippen LogP contribution in [-0.4, -0.2) is 6.71 Å². The highest BCUT2D eigenvalue weighted by molar-refractivity contribution is 7.00. The van der Waals surface area contributed by atoms with Gasteiger partial charge in [-0.1, -0.05) is 167 Å². The quantitative estimate of drug-likeness (QED) is 0.165. The van der Waals surface area contributed by atoms with Gasteiger partial charge in [0.2, 0.25) is 0 Å². The third-order valence-corrected chi connectivity index (χ3v) is 15.3. The van der Waals surface area contributed by atoms with Crippen LogP contribution in [0.25, 0.3) is 44.2 Å². The number of fused-ring (bicyclic) bond motifs is 10. The van der Waals surface area contributed by atoms with Gasteiger partial charge in [0, 0.05) is 50.3 Å². The van der Waals surface area contributed by atoms with E-state index in [9.17, 15) is 0 Å². The number of nitrogens with zero attached hydrogens (tertiary/aromatic N) is 2. The molecule has 3 heterocycles. The van der Waals surface area contributed by atoms with E-state index in [0.29, 0.717) is 0 Å². The van der Waals surface area contributed by atoms with Gasteiger partial charge in [0.15, 0.2) is 0 Å². The Labute approximate surface area is 397 Å². The van der Waals surface area contributed by atoms with Crippen molar-refractivity contribution in [3.8, 4) is 22.3 Å². The summed E-state index contributed by atoms with van der Waals surface area (Å²) in [5.41, 5.74) is 24.7. The second-order valence-electron chi connectivity index (χ2n) is 23.1. The molecule has 12 rings (SSSR count). The van der Waals surface area contributed by atoms with Crippen LogP contribution in [0.2, 0.25) is 0 Å². The maximum Gasteiger partial charge on any atom is 0.252 e. The number of hydrogen-bond acceptors (Lipinski definition) is 3. The number of anilines is 6. The van der Waals surface area contributed by atoms with Gasteiger partial charge < -0.3 is 14.2 Å². The van der Waals surface area contributed by atoms with Crippen molar-refractivity contribution in [1.82, 2.24) is 0 Å². The highest BCUT2D eigenvalue weighted by Gasteiger charge is 2.46. The lowest BCUT2D eigenvalue weighted by Crippen LogP contribution is -2.61. The zero-order chi connectivity index (χ0) is 46.5. The van der Waals surface area contributed by atoms with E-state index in [-0.39, 0.29) is 28.4 Å². The second kappa shape index (κ2) is 14.1. The van der Waals surface area contributed by atoms with Crippen LogP contribution in [0.5, 0.6) is 0 Å². The molecule has 0 radical (unpaired) electrons. The Hall–Kier alpha value is -6.78. The first kappa shape index (κ1) is 41.6. The van der Waals surface area contributed by atoms with Crippen LogP contribution < -0.4 is 26.2 Å². The zero-order valence-corrected chi connectivity index (χ0v) is 40.9. The van der Waals surface area contributed by atoms with E-state index >= 15 is 0 Å². The minimum atomic E-state index is -0.160. The fraction of sp³-hybridized carbons (Fsp3) is 0.238. The topological polar surface area (TPSA) is 19.6 Å². The summed E-state index contributed by atoms with van der Waals surface area (Å²) >= 11 is 0. The Balaban J connectivity index is 1.13. The summed E-state index contributed by atoms with van der Waals surface area (Å²) in [6.07, 6.45) is 0. The van der Waals surface area contributed by atoms with Crippen molar-refractivity contribution in [2.75, 3.05) is 9.80 Å². The average molecular weight is 871 g/mol. The molecule has 0 saturated heterocycles. The van der Waals surface area contributed by atoms with Crippen LogP contribution in [0.15, 0.2) is 162 Å². The minimum Gasteiger partial charge on any atom is -0.456 e. The monoisotopic (exact) mass is 870 g/mol. The number of benzene rings is 8. The third-order valence-electron chi connectivity index (χ3n) is 15.3. The first-order valence-electron chi connectivity index (χ1n) is 24.2. The van der Waals surface area contributed by atoms with Crippen molar-refractivity contribution in [2.45, 2.75) is 97.8 Å². The molecule has 0 N–H and O–H groups in total. The van der Waals surface area contributed by atoms with Gasteiger partial charge in [0.05, 0.1) is 0 Å². The summed E-state index contributed by atoms with van der Waals surface area (Å²) < 4.78 is 6.36. The van der Waals surface area contributed by atoms with Crippen molar-refractivity contribution in [1.29, 1.82) is 0 Å². The number of hydrogen-bond donors (Lipinski definition) is 0. The predicted octanol–water partition coefficient (Wildman–Crippen LogP) is 15.5. The minimum absolute atomic E-state index is 0.00960. The smallest absolute Gasteiger partial charge is 0.252 e. The molecule has 1 aliphatic carbocycles. The lowest BCUT2D eigenvalue weighted by molar-refractivity contribution is 0.589. The van der Waals surface area contributed by atoms with Gasteiger partial charge in [-0.05, 0) is 149 Å². The second-order valence-corrected chi connectivity index (χ2v) is 23.1. The lowest BCUT2D eigenvalue weighted by atomic mass is 9.33. The van der Waals surface area contributed by atoms with Crippen molar-refractivity contribution in [3.63, 3.8) is 0 Å². The molecule has 3 nitrogen and oxygen atoms in total. The van der Waals surface area contributed by atoms with E-state index in [1.54, 1.807) is 0 Å². The molecular weight excluding hydrogens is 812 g/mol. The maximum absolute atomic E-state index is 6.36. The van der Waals surface area contributed by atoms with Crippen LogP contribution in [0.4, 0.5) is 34.1 Å². The number of rotatable bonds is 3. The summed E-state index contributed by atoms with van der Waals surface area (Å²) in [5, 5.41) is 2.30. The van der Waals surface area contributed by atoms with Gasteiger partial charge >= 0.3 is 0 Å². The molecule has 0 saturated carbocycles. The Morgan fingerprint density at radius 2 is 0.970 bits per heavy atom. The molecule has 0 amide bonds. The van der Waals surface area contributed by atoms with E-state index < -0.39 is 0 Å². The fourth-order valence-corrected chi connectivity index (χ4v) is 11.5. The van der Waals surface area contributed by atoms with Gasteiger partial charge in [0.25, 0.3) is 6.71 Å².